The van der Waals surface area contributed by atoms with Gasteiger partial charge in [0.05, 0.1) is 0 Å². The molecule has 2 aromatic rings. The van der Waals surface area contributed by atoms with Gasteiger partial charge in [-0.15, -0.1) is 5.10 Å². The first-order valence-corrected chi connectivity index (χ1v) is 7.98. The van der Waals surface area contributed by atoms with Crippen molar-refractivity contribution in [1.29, 1.82) is 0 Å². The van der Waals surface area contributed by atoms with Crippen LogP contribution in [0.15, 0.2) is 35.1 Å². The fourth-order valence-corrected chi connectivity index (χ4v) is 3.33. The van der Waals surface area contributed by atoms with E-state index in [1.54, 1.807) is 0 Å². The Labute approximate surface area is 134 Å². The Bertz CT molecular complexity index is 743. The molecule has 1 amide bonds. The fraction of sp³-hybridized carbons (Fsp3) is 0.471. The molecule has 0 aliphatic heterocycles. The van der Waals surface area contributed by atoms with Crippen LogP contribution < -0.4 is 11.0 Å². The molecule has 0 bridgehead atoms. The molecule has 0 saturated heterocycles. The first-order chi connectivity index (χ1) is 11.0. The Morgan fingerprint density at radius 3 is 2.61 bits per heavy atom. The number of aromatic amines is 1. The van der Waals surface area contributed by atoms with Crippen molar-refractivity contribution in [2.75, 3.05) is 6.54 Å². The molecule has 1 aromatic carbocycles. The van der Waals surface area contributed by atoms with E-state index in [1.807, 2.05) is 6.07 Å². The summed E-state index contributed by atoms with van der Waals surface area (Å²) in [7, 11) is 1.51. The maximum atomic E-state index is 12.2. The Kier molecular flexibility index (Phi) is 4.07. The molecule has 0 spiro atoms. The molecular weight excluding hydrogens is 292 g/mol. The van der Waals surface area contributed by atoms with Gasteiger partial charge in [0.1, 0.15) is 0 Å². The Balaban J connectivity index is 1.70. The first kappa shape index (κ1) is 15.5. The van der Waals surface area contributed by atoms with Crippen LogP contribution in [0, 0.1) is 5.41 Å². The lowest BCUT2D eigenvalue weighted by atomic mass is 9.60. The summed E-state index contributed by atoms with van der Waals surface area (Å²) >= 11 is 0. The number of carbonyl (C=O) groups excluding carboxylic acids is 1. The molecule has 1 heterocycles. The SMILES string of the molecule is CC(c1ccccc1)C1(CNC(=O)c2nn(C)c(=O)[nH]2)CCC1. The first-order valence-electron chi connectivity index (χ1n) is 7.98. The summed E-state index contributed by atoms with van der Waals surface area (Å²) in [5.41, 5.74) is 1.00. The van der Waals surface area contributed by atoms with E-state index in [2.05, 4.69) is 46.6 Å². The van der Waals surface area contributed by atoms with Crippen molar-refractivity contribution in [3.05, 3.63) is 52.2 Å². The second kappa shape index (κ2) is 6.02. The standard InChI is InChI=1S/C17H22N4O2/c1-12(13-7-4-3-5-8-13)17(9-6-10-17)11-18-15(22)14-19-16(23)21(2)20-14/h3-5,7-8,12H,6,9-11H2,1-2H3,(H,18,22)(H,19,20,23). The lowest BCUT2D eigenvalue weighted by Gasteiger charge is -2.47. The molecular formula is C17H22N4O2. The van der Waals surface area contributed by atoms with Gasteiger partial charge in [-0.2, -0.15) is 0 Å². The number of hydrogen-bond donors (Lipinski definition) is 2. The van der Waals surface area contributed by atoms with Crippen LogP contribution >= 0.6 is 0 Å². The average Bonchev–Trinajstić information content (AvgIpc) is 2.86. The Morgan fingerprint density at radius 1 is 1.39 bits per heavy atom. The monoisotopic (exact) mass is 314 g/mol. The van der Waals surface area contributed by atoms with Gasteiger partial charge in [0.2, 0.25) is 5.82 Å². The maximum absolute atomic E-state index is 12.2. The maximum Gasteiger partial charge on any atom is 0.343 e. The third kappa shape index (κ3) is 2.93. The summed E-state index contributed by atoms with van der Waals surface area (Å²) in [6, 6.07) is 10.4. The summed E-state index contributed by atoms with van der Waals surface area (Å²) in [5.74, 6) is 0.120. The van der Waals surface area contributed by atoms with Gasteiger partial charge in [-0.05, 0) is 29.7 Å². The number of H-pyrrole nitrogens is 1. The minimum absolute atomic E-state index is 0.0688. The zero-order valence-electron chi connectivity index (χ0n) is 13.5. The second-order valence-corrected chi connectivity index (χ2v) is 6.43. The number of nitrogens with one attached hydrogen (secondary N) is 2. The second-order valence-electron chi connectivity index (χ2n) is 6.43. The highest BCUT2D eigenvalue weighted by Gasteiger charge is 2.42. The summed E-state index contributed by atoms with van der Waals surface area (Å²) in [4.78, 5) is 26.0. The molecule has 1 atom stereocenters. The minimum atomic E-state index is -0.383. The largest absolute Gasteiger partial charge is 0.349 e. The van der Waals surface area contributed by atoms with Crippen molar-refractivity contribution in [3.8, 4) is 0 Å². The quantitative estimate of drug-likeness (QED) is 0.883. The molecule has 6 nitrogen and oxygen atoms in total. The molecule has 0 radical (unpaired) electrons. The van der Waals surface area contributed by atoms with E-state index >= 15 is 0 Å². The summed E-state index contributed by atoms with van der Waals surface area (Å²) in [5, 5.41) is 6.84. The highest BCUT2D eigenvalue weighted by molar-refractivity contribution is 5.90. The van der Waals surface area contributed by atoms with Gasteiger partial charge in [-0.3, -0.25) is 9.78 Å². The lowest BCUT2D eigenvalue weighted by Crippen LogP contribution is -2.45. The zero-order chi connectivity index (χ0) is 16.4. The molecule has 1 aromatic heterocycles. The van der Waals surface area contributed by atoms with Crippen molar-refractivity contribution < 1.29 is 4.79 Å². The van der Waals surface area contributed by atoms with Crippen molar-refractivity contribution in [3.63, 3.8) is 0 Å². The van der Waals surface area contributed by atoms with Crippen LogP contribution in [0.1, 0.15) is 48.3 Å². The average molecular weight is 314 g/mol. The van der Waals surface area contributed by atoms with Crippen molar-refractivity contribution >= 4 is 5.91 Å². The molecule has 1 aliphatic carbocycles. The molecule has 3 rings (SSSR count). The van der Waals surface area contributed by atoms with Gasteiger partial charge in [0, 0.05) is 13.6 Å². The number of nitrogens with zero attached hydrogens (tertiary/aromatic N) is 2. The summed E-state index contributed by atoms with van der Waals surface area (Å²) in [6.07, 6.45) is 3.39. The number of amides is 1. The molecule has 2 N–H and O–H groups in total. The van der Waals surface area contributed by atoms with Crippen molar-refractivity contribution in [2.24, 2.45) is 12.5 Å². The molecule has 23 heavy (non-hydrogen) atoms. The third-order valence-corrected chi connectivity index (χ3v) is 5.15. The normalized spacial score (nSPS) is 17.3. The van der Waals surface area contributed by atoms with E-state index in [9.17, 15) is 9.59 Å². The fourth-order valence-electron chi connectivity index (χ4n) is 3.33. The Morgan fingerprint density at radius 2 is 2.09 bits per heavy atom. The predicted molar refractivity (Wildman–Crippen MR) is 87.3 cm³/mol. The summed E-state index contributed by atoms with van der Waals surface area (Å²) in [6.45, 7) is 2.82. The van der Waals surface area contributed by atoms with E-state index < -0.39 is 0 Å². The topological polar surface area (TPSA) is 79.8 Å². The smallest absolute Gasteiger partial charge is 0.343 e. The van der Waals surface area contributed by atoms with Crippen LogP contribution in [0.25, 0.3) is 0 Å². The highest BCUT2D eigenvalue weighted by atomic mass is 16.2. The van der Waals surface area contributed by atoms with Gasteiger partial charge >= 0.3 is 5.69 Å². The van der Waals surface area contributed by atoms with Gasteiger partial charge in [-0.1, -0.05) is 43.7 Å². The van der Waals surface area contributed by atoms with Crippen molar-refractivity contribution in [1.82, 2.24) is 20.1 Å². The van der Waals surface area contributed by atoms with Crippen LogP contribution in [-0.2, 0) is 7.05 Å². The van der Waals surface area contributed by atoms with Gasteiger partial charge in [0.15, 0.2) is 0 Å². The van der Waals surface area contributed by atoms with Gasteiger partial charge < -0.3 is 5.32 Å². The number of hydrogen-bond acceptors (Lipinski definition) is 3. The van der Waals surface area contributed by atoms with Crippen LogP contribution in [0.5, 0.6) is 0 Å². The van der Waals surface area contributed by atoms with Crippen molar-refractivity contribution in [2.45, 2.75) is 32.1 Å². The molecule has 1 aliphatic rings. The van der Waals surface area contributed by atoms with Crippen LogP contribution in [0.3, 0.4) is 0 Å². The molecule has 122 valence electrons. The Hall–Kier alpha value is -2.37. The molecule has 1 unspecified atom stereocenters. The van der Waals surface area contributed by atoms with Gasteiger partial charge in [-0.25, -0.2) is 9.48 Å². The van der Waals surface area contributed by atoms with E-state index in [4.69, 9.17) is 0 Å². The third-order valence-electron chi connectivity index (χ3n) is 5.15. The number of benzene rings is 1. The highest BCUT2D eigenvalue weighted by Crippen LogP contribution is 2.50. The van der Waals surface area contributed by atoms with Crippen LogP contribution in [0.4, 0.5) is 0 Å². The predicted octanol–water partition coefficient (Wildman–Crippen LogP) is 1.81. The zero-order valence-corrected chi connectivity index (χ0v) is 13.5. The number of rotatable bonds is 5. The lowest BCUT2D eigenvalue weighted by molar-refractivity contribution is 0.0768. The van der Waals surface area contributed by atoms with Gasteiger partial charge in [0.25, 0.3) is 5.91 Å². The van der Waals surface area contributed by atoms with E-state index in [1.165, 1.54) is 19.0 Å². The number of aryl methyl sites for hydroxylation is 1. The number of carbonyl (C=O) groups is 1. The molecule has 6 heteroatoms. The van der Waals surface area contributed by atoms with E-state index in [0.717, 1.165) is 17.5 Å². The molecule has 1 saturated carbocycles. The van der Waals surface area contributed by atoms with E-state index in [0.29, 0.717) is 12.5 Å². The summed E-state index contributed by atoms with van der Waals surface area (Å²) < 4.78 is 1.13. The minimum Gasteiger partial charge on any atom is -0.349 e. The van der Waals surface area contributed by atoms with E-state index in [-0.39, 0.29) is 22.8 Å². The van der Waals surface area contributed by atoms with Crippen LogP contribution in [0.2, 0.25) is 0 Å². The molecule has 1 fully saturated rings. The number of aromatic nitrogens is 3. The van der Waals surface area contributed by atoms with Crippen LogP contribution in [-0.4, -0.2) is 27.2 Å².